The number of likely N-dealkylation sites (N-methyl/N-ethyl adjacent to an activating group) is 1. The van der Waals surface area contributed by atoms with Crippen molar-refractivity contribution < 1.29 is 28.2 Å². The quantitative estimate of drug-likeness (QED) is 0.0799. The largest absolute Gasteiger partial charge is 0.490 e. The smallest absolute Gasteiger partial charge is 0.302 e. The molecule has 2 heterocycles. The number of nitrogens with zero attached hydrogens (tertiary/aromatic N) is 2. The van der Waals surface area contributed by atoms with Gasteiger partial charge in [0.2, 0.25) is 12.0 Å². The highest BCUT2D eigenvalue weighted by Crippen LogP contribution is 2.39. The summed E-state index contributed by atoms with van der Waals surface area (Å²) in [5.74, 6) is -0.690. The van der Waals surface area contributed by atoms with Gasteiger partial charge in [0.25, 0.3) is 14.2 Å². The lowest BCUT2D eigenvalue weighted by Gasteiger charge is -2.43. The molecular weight excluding hydrogens is 757 g/mol. The molecule has 0 spiro atoms. The second kappa shape index (κ2) is 16.7. The van der Waals surface area contributed by atoms with Gasteiger partial charge in [-0.05, 0) is 22.3 Å². The molecule has 278 valence electrons. The first kappa shape index (κ1) is 39.8. The number of carbonyl (C=O) groups is 2. The third-order valence-electron chi connectivity index (χ3n) is 8.67. The summed E-state index contributed by atoms with van der Waals surface area (Å²) in [5, 5.41) is 4.84. The van der Waals surface area contributed by atoms with Crippen molar-refractivity contribution in [1.82, 2.24) is 14.9 Å². The van der Waals surface area contributed by atoms with Crippen molar-refractivity contribution in [3.8, 4) is 17.3 Å². The van der Waals surface area contributed by atoms with Gasteiger partial charge in [-0.15, -0.1) is 0 Å². The average molecular weight is 797 g/mol. The molecule has 2 aromatic heterocycles. The maximum Gasteiger partial charge on any atom is 0.302 e. The van der Waals surface area contributed by atoms with E-state index in [0.29, 0.717) is 17.1 Å². The van der Waals surface area contributed by atoms with E-state index in [4.69, 9.17) is 53.4 Å². The number of carbonyl (C=O) groups excluding carboxylic acids is 2. The van der Waals surface area contributed by atoms with Crippen molar-refractivity contribution in [1.29, 1.82) is 0 Å². The van der Waals surface area contributed by atoms with Crippen LogP contribution in [0.15, 0.2) is 89.9 Å². The van der Waals surface area contributed by atoms with Crippen LogP contribution in [0.25, 0.3) is 16.6 Å². The van der Waals surface area contributed by atoms with E-state index in [2.05, 4.69) is 55.3 Å². The summed E-state index contributed by atoms with van der Waals surface area (Å²) in [6.45, 7) is 9.37. The van der Waals surface area contributed by atoms with Crippen molar-refractivity contribution in [2.45, 2.75) is 45.8 Å². The fourth-order valence-electron chi connectivity index (χ4n) is 6.39. The highest BCUT2D eigenvalue weighted by atomic mass is 35.5. The summed E-state index contributed by atoms with van der Waals surface area (Å²) in [5.41, 5.74) is 0.560. The van der Waals surface area contributed by atoms with Crippen LogP contribution >= 0.6 is 34.8 Å². The van der Waals surface area contributed by atoms with Crippen LogP contribution in [0.4, 0.5) is 0 Å². The van der Waals surface area contributed by atoms with E-state index >= 15 is 0 Å². The van der Waals surface area contributed by atoms with Crippen LogP contribution < -0.4 is 30.6 Å². The van der Waals surface area contributed by atoms with Gasteiger partial charge in [-0.3, -0.25) is 14.4 Å². The Kier molecular flexibility index (Phi) is 12.6. The number of pyridine rings is 2. The van der Waals surface area contributed by atoms with E-state index in [-0.39, 0.29) is 56.7 Å². The molecule has 0 radical (unpaired) electrons. The molecule has 10 nitrogen and oxygen atoms in total. The van der Waals surface area contributed by atoms with Crippen molar-refractivity contribution in [2.75, 3.05) is 26.9 Å². The van der Waals surface area contributed by atoms with Gasteiger partial charge >= 0.3 is 5.97 Å². The van der Waals surface area contributed by atoms with E-state index < -0.39 is 31.7 Å². The number of aryl methyl sites for hydroxylation is 1. The zero-order valence-corrected chi connectivity index (χ0v) is 33.4. The van der Waals surface area contributed by atoms with Crippen molar-refractivity contribution in [3.05, 3.63) is 116 Å². The van der Waals surface area contributed by atoms with Crippen LogP contribution in [-0.2, 0) is 18.8 Å². The van der Waals surface area contributed by atoms with Crippen LogP contribution in [-0.4, -0.2) is 62.7 Å². The number of amides is 1. The number of rotatable bonds is 13. The molecule has 5 rings (SSSR count). The number of halogens is 3. The normalized spacial score (nSPS) is 12.3. The molecule has 1 N–H and O–H groups in total. The fourth-order valence-corrected chi connectivity index (χ4v) is 11.8. The molecule has 0 saturated heterocycles. The van der Waals surface area contributed by atoms with E-state index in [0.717, 1.165) is 10.4 Å². The second-order valence-corrected chi connectivity index (χ2v) is 18.8. The Bertz CT molecular complexity index is 2120. The topological polar surface area (TPSA) is 118 Å². The van der Waals surface area contributed by atoms with Crippen molar-refractivity contribution in [3.63, 3.8) is 0 Å². The van der Waals surface area contributed by atoms with Gasteiger partial charge in [0.1, 0.15) is 24.3 Å². The van der Waals surface area contributed by atoms with Gasteiger partial charge < -0.3 is 28.5 Å². The number of esters is 1. The predicted molar refractivity (Wildman–Crippen MR) is 211 cm³/mol. The van der Waals surface area contributed by atoms with Crippen LogP contribution in [0, 0.1) is 6.92 Å². The summed E-state index contributed by atoms with van der Waals surface area (Å²) in [6, 6.07) is 24.5. The Labute approximate surface area is 324 Å². The Morgan fingerprint density at radius 3 is 2.02 bits per heavy atom. The maximum absolute atomic E-state index is 13.8. The summed E-state index contributed by atoms with van der Waals surface area (Å²) in [6.07, 6.45) is 0.121. The standard InChI is InChI=1S/C39H40Cl3N3O7Si/c1-24-19-32(47)34-36(45(24)35-29(40)20-26(21-30(35)41)50-18-17-49-25(2)46)31(42)22-44-38(34)52-33(37(48)43-6)23-51-53(39(3,4)5,27-13-9-7-10-14-27)28-15-11-8-12-16-28/h7-16,19-22,33H,17-18,23H2,1-6H3,(H,43,48)/t33-/m0/s1. The lowest BCUT2D eigenvalue weighted by Crippen LogP contribution is -2.67. The molecule has 5 aromatic rings. The van der Waals surface area contributed by atoms with E-state index in [1.807, 2.05) is 36.4 Å². The van der Waals surface area contributed by atoms with Crippen molar-refractivity contribution in [2.24, 2.45) is 0 Å². The van der Waals surface area contributed by atoms with Crippen LogP contribution in [0.5, 0.6) is 11.6 Å². The number of hydrogen-bond acceptors (Lipinski definition) is 8. The van der Waals surface area contributed by atoms with E-state index in [9.17, 15) is 14.4 Å². The molecule has 0 aliphatic rings. The van der Waals surface area contributed by atoms with Crippen LogP contribution in [0.1, 0.15) is 33.4 Å². The van der Waals surface area contributed by atoms with Gasteiger partial charge in [-0.25, -0.2) is 4.98 Å². The number of benzene rings is 3. The van der Waals surface area contributed by atoms with E-state index in [1.165, 1.54) is 26.2 Å². The molecule has 3 aromatic carbocycles. The number of nitrogens with one attached hydrogen (secondary N) is 1. The highest BCUT2D eigenvalue weighted by Gasteiger charge is 2.50. The monoisotopic (exact) mass is 795 g/mol. The number of hydrogen-bond donors (Lipinski definition) is 1. The Morgan fingerprint density at radius 1 is 0.906 bits per heavy atom. The van der Waals surface area contributed by atoms with E-state index in [1.54, 1.807) is 23.6 Å². The summed E-state index contributed by atoms with van der Waals surface area (Å²) >= 11 is 20.4. The predicted octanol–water partition coefficient (Wildman–Crippen LogP) is 6.67. The molecular formula is C39H40Cl3N3O7Si. The molecule has 14 heteroatoms. The molecule has 0 bridgehead atoms. The number of ether oxygens (including phenoxy) is 3. The first-order valence-electron chi connectivity index (χ1n) is 16.8. The zero-order valence-electron chi connectivity index (χ0n) is 30.2. The zero-order chi connectivity index (χ0) is 38.5. The summed E-state index contributed by atoms with van der Waals surface area (Å²) in [4.78, 5) is 42.8. The van der Waals surface area contributed by atoms with Crippen LogP contribution in [0.2, 0.25) is 20.1 Å². The second-order valence-electron chi connectivity index (χ2n) is 13.2. The summed E-state index contributed by atoms with van der Waals surface area (Å²) < 4.78 is 25.6. The van der Waals surface area contributed by atoms with Gasteiger partial charge in [0.05, 0.1) is 39.1 Å². The average Bonchev–Trinajstić information content (AvgIpc) is 3.11. The SMILES string of the molecule is CNC(=O)[C@H](CO[Si](c1ccccc1)(c1ccccc1)C(C)(C)C)Oc1ncc(Cl)c2c1c(=O)cc(C)n2-c1c(Cl)cc(OCCOC(C)=O)cc1Cl. The Hall–Kier alpha value is -4.39. The molecule has 0 aliphatic carbocycles. The third-order valence-corrected chi connectivity index (χ3v) is 14.5. The van der Waals surface area contributed by atoms with Crippen molar-refractivity contribution >= 4 is 76.3 Å². The van der Waals surface area contributed by atoms with Gasteiger partial charge in [-0.1, -0.05) is 116 Å². The van der Waals surface area contributed by atoms with Gasteiger partial charge in [-0.2, -0.15) is 0 Å². The molecule has 0 saturated carbocycles. The molecule has 1 atom stereocenters. The highest BCUT2D eigenvalue weighted by molar-refractivity contribution is 6.99. The minimum atomic E-state index is -3.08. The van der Waals surface area contributed by atoms with Crippen LogP contribution in [0.3, 0.4) is 0 Å². The number of aromatic nitrogens is 2. The third kappa shape index (κ3) is 8.39. The fraction of sp³-hybridized carbons (Fsp3) is 0.282. The Balaban J connectivity index is 1.58. The first-order valence-corrected chi connectivity index (χ1v) is 19.8. The number of fused-ring (bicyclic) bond motifs is 1. The lowest BCUT2D eigenvalue weighted by molar-refractivity contribution is -0.141. The molecule has 0 unspecified atom stereocenters. The minimum absolute atomic E-state index is 0.0105. The summed E-state index contributed by atoms with van der Waals surface area (Å²) in [7, 11) is -1.59. The minimum Gasteiger partial charge on any atom is -0.490 e. The maximum atomic E-state index is 13.8. The lowest BCUT2D eigenvalue weighted by atomic mass is 10.1. The molecule has 53 heavy (non-hydrogen) atoms. The molecule has 1 amide bonds. The van der Waals surface area contributed by atoms with Gasteiger partial charge in [0, 0.05) is 37.9 Å². The molecule has 0 fully saturated rings. The Morgan fingerprint density at radius 2 is 1.49 bits per heavy atom. The van der Waals surface area contributed by atoms with Gasteiger partial charge in [0.15, 0.2) is 5.43 Å². The molecule has 0 aliphatic heterocycles. The first-order chi connectivity index (χ1) is 25.2.